The third-order valence-corrected chi connectivity index (χ3v) is 7.53. The van der Waals surface area contributed by atoms with Crippen LogP contribution >= 0.6 is 0 Å². The largest absolute Gasteiger partial charge is 0.494 e. The number of carbonyl (C=O) groups is 2. The lowest BCUT2D eigenvalue weighted by Gasteiger charge is -2.19. The molecular weight excluding hydrogens is 692 g/mol. The van der Waals surface area contributed by atoms with E-state index in [4.69, 9.17) is 31.8 Å². The molecular formula is C36H52N14O4. The highest BCUT2D eigenvalue weighted by Gasteiger charge is 2.29. The van der Waals surface area contributed by atoms with Crippen LogP contribution in [0.2, 0.25) is 0 Å². The number of amides is 2. The molecule has 0 aliphatic rings. The molecule has 0 fully saturated rings. The van der Waals surface area contributed by atoms with E-state index < -0.39 is 11.1 Å². The third kappa shape index (κ3) is 17.3. The van der Waals surface area contributed by atoms with Crippen LogP contribution in [0, 0.1) is 33.5 Å². The van der Waals surface area contributed by atoms with Crippen LogP contribution in [0.1, 0.15) is 77.3 Å². The fraction of sp³-hybridized carbons (Fsp3) is 0.472. The van der Waals surface area contributed by atoms with Crippen LogP contribution in [0.5, 0.6) is 11.5 Å². The molecule has 0 aromatic heterocycles. The Labute approximate surface area is 316 Å². The predicted octanol–water partition coefficient (Wildman–Crippen LogP) is 2.67. The SMILES string of the molecule is CC(=N)NNC(=N)c1ccc(OCCCNC(=O)CCC(C)(C#N)/N=N/C(C)(C#N)CCC(=O)NCCCOc2ccc(/C(N)=N/NC(C)N)cc2)cc1. The second-order valence-corrected chi connectivity index (χ2v) is 12.8. The number of rotatable bonds is 22. The van der Waals surface area contributed by atoms with Crippen LogP contribution in [0.3, 0.4) is 0 Å². The van der Waals surface area contributed by atoms with E-state index in [1.165, 1.54) is 6.92 Å². The van der Waals surface area contributed by atoms with Gasteiger partial charge in [0.05, 0.1) is 31.5 Å². The second kappa shape index (κ2) is 22.6. The van der Waals surface area contributed by atoms with Gasteiger partial charge in [-0.1, -0.05) is 0 Å². The van der Waals surface area contributed by atoms with Crippen molar-refractivity contribution in [2.45, 2.75) is 83.5 Å². The first-order chi connectivity index (χ1) is 25.7. The van der Waals surface area contributed by atoms with E-state index in [1.807, 2.05) is 0 Å². The number of amidine groups is 3. The minimum atomic E-state index is -1.34. The summed E-state index contributed by atoms with van der Waals surface area (Å²) in [6.07, 6.45) is 0.996. The minimum absolute atomic E-state index is 0.0221. The molecule has 0 spiro atoms. The Hall–Kier alpha value is -6.27. The molecule has 2 aromatic rings. The maximum atomic E-state index is 12.5. The molecule has 0 aliphatic heterocycles. The molecule has 0 aliphatic carbocycles. The molecule has 11 N–H and O–H groups in total. The number of nitrogens with two attached hydrogens (primary N) is 2. The zero-order chi connectivity index (χ0) is 40.0. The van der Waals surface area contributed by atoms with E-state index in [1.54, 1.807) is 69.3 Å². The maximum Gasteiger partial charge on any atom is 0.220 e. The highest BCUT2D eigenvalue weighted by atomic mass is 16.5. The molecule has 18 heteroatoms. The van der Waals surface area contributed by atoms with Gasteiger partial charge in [-0.2, -0.15) is 25.9 Å². The molecule has 2 aromatic carbocycles. The number of azo groups is 1. The summed E-state index contributed by atoms with van der Waals surface area (Å²) in [5.41, 5.74) is 18.0. The monoisotopic (exact) mass is 744 g/mol. The Bertz CT molecular complexity index is 1680. The van der Waals surface area contributed by atoms with Crippen LogP contribution < -0.4 is 47.9 Å². The summed E-state index contributed by atoms with van der Waals surface area (Å²) in [4.78, 5) is 24.9. The number of hydrazine groups is 1. The molecule has 2 amide bonds. The van der Waals surface area contributed by atoms with E-state index in [2.05, 4.69) is 54.4 Å². The lowest BCUT2D eigenvalue weighted by molar-refractivity contribution is -0.122. The van der Waals surface area contributed by atoms with Gasteiger partial charge in [0.2, 0.25) is 11.8 Å². The standard InChI is InChI=1S/C36H52N14O4/c1-25(39)45-47-33(41)27-7-11-29(12-8-27)53-21-5-19-43-31(51)15-17-35(3,23-37)49-50-36(4,24-38)18-16-32(52)44-20-6-22-54-30-13-9-28(10-14-30)34(42)48-46-26(2)40/h7-14,25,45H,5-6,15-22,39H2,1-4H3,(H2,40,46)(H2,41,47)(H2,42,48)(H,43,51)(H,44,52)/b50-49+. The molecule has 18 nitrogen and oxygen atoms in total. The van der Waals surface area contributed by atoms with Gasteiger partial charge in [0.15, 0.2) is 16.9 Å². The number of nitrogens with zero attached hydrogens (tertiary/aromatic N) is 5. The summed E-state index contributed by atoms with van der Waals surface area (Å²) in [7, 11) is 0. The minimum Gasteiger partial charge on any atom is -0.494 e. The number of hydrazone groups is 1. The quantitative estimate of drug-likeness (QED) is 0.0211. The summed E-state index contributed by atoms with van der Waals surface area (Å²) in [5, 5.41) is 52.7. The van der Waals surface area contributed by atoms with E-state index in [0.717, 1.165) is 0 Å². The molecule has 0 heterocycles. The zero-order valence-corrected chi connectivity index (χ0v) is 31.3. The Morgan fingerprint density at radius 3 is 1.67 bits per heavy atom. The van der Waals surface area contributed by atoms with Crippen LogP contribution in [0.25, 0.3) is 0 Å². The average Bonchev–Trinajstić information content (AvgIpc) is 3.16. The predicted molar refractivity (Wildman–Crippen MR) is 204 cm³/mol. The molecule has 2 rings (SSSR count). The van der Waals surface area contributed by atoms with Crippen molar-refractivity contribution in [1.82, 2.24) is 26.9 Å². The van der Waals surface area contributed by atoms with Gasteiger partial charge in [0.1, 0.15) is 23.2 Å². The molecule has 0 saturated heterocycles. The van der Waals surface area contributed by atoms with Crippen molar-refractivity contribution in [1.29, 1.82) is 21.3 Å². The van der Waals surface area contributed by atoms with Gasteiger partial charge in [-0.25, -0.2) is 0 Å². The van der Waals surface area contributed by atoms with Crippen molar-refractivity contribution in [3.8, 4) is 23.6 Å². The number of carbonyl (C=O) groups excluding carboxylic acids is 2. The van der Waals surface area contributed by atoms with Gasteiger partial charge in [0, 0.05) is 37.1 Å². The molecule has 3 unspecified atom stereocenters. The summed E-state index contributed by atoms with van der Waals surface area (Å²) in [6.45, 7) is 7.83. The van der Waals surface area contributed by atoms with Crippen molar-refractivity contribution < 1.29 is 19.1 Å². The van der Waals surface area contributed by atoms with Crippen molar-refractivity contribution in [3.05, 3.63) is 59.7 Å². The number of nitrogens with one attached hydrogen (secondary N) is 7. The zero-order valence-electron chi connectivity index (χ0n) is 31.3. The first-order valence-corrected chi connectivity index (χ1v) is 17.4. The summed E-state index contributed by atoms with van der Waals surface area (Å²) in [6, 6.07) is 18.1. The fourth-order valence-corrected chi connectivity index (χ4v) is 4.25. The van der Waals surface area contributed by atoms with E-state index >= 15 is 0 Å². The Morgan fingerprint density at radius 1 is 0.815 bits per heavy atom. The highest BCUT2D eigenvalue weighted by Crippen LogP contribution is 2.23. The van der Waals surface area contributed by atoms with Crippen LogP contribution in [-0.2, 0) is 9.59 Å². The maximum absolute atomic E-state index is 12.5. The van der Waals surface area contributed by atoms with Crippen LogP contribution in [0.4, 0.5) is 0 Å². The summed E-state index contributed by atoms with van der Waals surface area (Å²) < 4.78 is 11.4. The smallest absolute Gasteiger partial charge is 0.220 e. The molecule has 3 atom stereocenters. The Balaban J connectivity index is 1.67. The van der Waals surface area contributed by atoms with E-state index in [0.29, 0.717) is 67.6 Å². The normalized spacial score (nSPS) is 13.9. The number of ether oxygens (including phenoxy) is 2. The number of benzene rings is 2. The Morgan fingerprint density at radius 2 is 1.26 bits per heavy atom. The number of hydrogen-bond acceptors (Lipinski definition) is 13. The lowest BCUT2D eigenvalue weighted by Crippen LogP contribution is -2.40. The van der Waals surface area contributed by atoms with Crippen LogP contribution in [-0.4, -0.2) is 72.9 Å². The first-order valence-electron chi connectivity index (χ1n) is 17.4. The van der Waals surface area contributed by atoms with Crippen molar-refractivity contribution in [2.24, 2.45) is 26.8 Å². The van der Waals surface area contributed by atoms with Gasteiger partial charge in [0.25, 0.3) is 0 Å². The van der Waals surface area contributed by atoms with Crippen molar-refractivity contribution in [2.75, 3.05) is 26.3 Å². The van der Waals surface area contributed by atoms with Gasteiger partial charge in [-0.05, 0) is 102 Å². The molecule has 0 radical (unpaired) electrons. The first kappa shape index (κ1) is 43.9. The van der Waals surface area contributed by atoms with Crippen molar-refractivity contribution >= 4 is 29.3 Å². The third-order valence-electron chi connectivity index (χ3n) is 7.53. The van der Waals surface area contributed by atoms with Gasteiger partial charge in [-0.3, -0.25) is 36.7 Å². The topological polar surface area (TPSA) is 297 Å². The summed E-state index contributed by atoms with van der Waals surface area (Å²) >= 11 is 0. The summed E-state index contributed by atoms with van der Waals surface area (Å²) in [5.74, 6) is 1.33. The van der Waals surface area contributed by atoms with Gasteiger partial charge in [-0.15, -0.1) is 0 Å². The second-order valence-electron chi connectivity index (χ2n) is 12.8. The van der Waals surface area contributed by atoms with E-state index in [9.17, 15) is 20.1 Å². The van der Waals surface area contributed by atoms with Gasteiger partial charge < -0.3 is 31.6 Å². The Kier molecular flexibility index (Phi) is 18.4. The van der Waals surface area contributed by atoms with Crippen LogP contribution in [0.15, 0.2) is 63.9 Å². The fourth-order valence-electron chi connectivity index (χ4n) is 4.25. The molecule has 0 saturated carbocycles. The van der Waals surface area contributed by atoms with E-state index in [-0.39, 0.29) is 55.3 Å². The average molecular weight is 745 g/mol. The van der Waals surface area contributed by atoms with Gasteiger partial charge >= 0.3 is 0 Å². The highest BCUT2D eigenvalue weighted by molar-refractivity contribution is 5.98. The molecule has 290 valence electrons. The molecule has 54 heavy (non-hydrogen) atoms. The number of nitriles is 2. The molecule has 0 bridgehead atoms. The number of hydrogen-bond donors (Lipinski definition) is 9. The van der Waals surface area contributed by atoms with Crippen molar-refractivity contribution in [3.63, 3.8) is 0 Å². The lowest BCUT2D eigenvalue weighted by atomic mass is 9.97.